The molecule has 22 heavy (non-hydrogen) atoms. The van der Waals surface area contributed by atoms with Gasteiger partial charge in [-0.25, -0.2) is 4.98 Å². The molecule has 1 N–H and O–H groups in total. The van der Waals surface area contributed by atoms with E-state index >= 15 is 0 Å². The van der Waals surface area contributed by atoms with E-state index in [1.54, 1.807) is 11.3 Å². The second-order valence-electron chi connectivity index (χ2n) is 4.95. The first-order valence-electron chi connectivity index (χ1n) is 7.07. The normalized spacial score (nSPS) is 10.6. The van der Waals surface area contributed by atoms with Crippen molar-refractivity contribution in [3.8, 4) is 10.6 Å². The van der Waals surface area contributed by atoms with Crippen LogP contribution in [0.15, 0.2) is 41.1 Å². The quantitative estimate of drug-likeness (QED) is 0.732. The summed E-state index contributed by atoms with van der Waals surface area (Å²) in [5.74, 6) is -0.0928. The number of rotatable bonds is 4. The van der Waals surface area contributed by atoms with Crippen molar-refractivity contribution >= 4 is 34.3 Å². The van der Waals surface area contributed by atoms with E-state index in [-0.39, 0.29) is 5.91 Å². The van der Waals surface area contributed by atoms with E-state index in [2.05, 4.69) is 23.3 Å². The van der Waals surface area contributed by atoms with Crippen molar-refractivity contribution in [3.05, 3.63) is 57.2 Å². The van der Waals surface area contributed by atoms with Crippen LogP contribution in [0.25, 0.3) is 10.6 Å². The monoisotopic (exact) mass is 328 g/mol. The summed E-state index contributed by atoms with van der Waals surface area (Å²) in [4.78, 5) is 17.7. The molecular formula is C17H16N2OS2. The maximum absolute atomic E-state index is 12.5. The van der Waals surface area contributed by atoms with Crippen LogP contribution in [-0.2, 0) is 6.42 Å². The lowest BCUT2D eigenvalue weighted by atomic mass is 10.1. The number of carbonyl (C=O) groups excluding carboxylic acids is 1. The fourth-order valence-corrected chi connectivity index (χ4v) is 3.85. The summed E-state index contributed by atoms with van der Waals surface area (Å²) >= 11 is 3.07. The van der Waals surface area contributed by atoms with E-state index in [0.717, 1.165) is 28.4 Å². The number of benzene rings is 1. The molecule has 0 fully saturated rings. The Labute approximate surface area is 137 Å². The van der Waals surface area contributed by atoms with Crippen molar-refractivity contribution in [1.82, 2.24) is 4.98 Å². The first-order valence-corrected chi connectivity index (χ1v) is 8.83. The molecule has 0 atom stereocenters. The zero-order valence-electron chi connectivity index (χ0n) is 12.4. The Hall–Kier alpha value is -1.98. The van der Waals surface area contributed by atoms with Gasteiger partial charge in [-0.15, -0.1) is 11.3 Å². The number of thiophene rings is 1. The van der Waals surface area contributed by atoms with Gasteiger partial charge < -0.3 is 5.32 Å². The van der Waals surface area contributed by atoms with Crippen LogP contribution >= 0.6 is 22.7 Å². The van der Waals surface area contributed by atoms with E-state index in [0.29, 0.717) is 4.88 Å². The second-order valence-corrected chi connectivity index (χ2v) is 6.73. The maximum Gasteiger partial charge on any atom is 0.267 e. The Morgan fingerprint density at radius 2 is 2.18 bits per heavy atom. The number of thiazole rings is 1. The van der Waals surface area contributed by atoms with Crippen LogP contribution in [0.1, 0.15) is 27.9 Å². The lowest BCUT2D eigenvalue weighted by molar-refractivity contribution is 0.103. The fraction of sp³-hybridized carbons (Fsp3) is 0.176. The summed E-state index contributed by atoms with van der Waals surface area (Å²) in [5, 5.41) is 7.92. The number of anilines is 1. The standard InChI is InChI=1S/C17H16N2OS2/c1-3-12-5-4-6-14(9-12)19-16(20)15-11(2)18-17(22-15)13-7-8-21-10-13/h4-10H,3H2,1-2H3,(H,19,20). The molecule has 3 nitrogen and oxygen atoms in total. The molecule has 0 bridgehead atoms. The largest absolute Gasteiger partial charge is 0.321 e. The van der Waals surface area contributed by atoms with Crippen LogP contribution in [-0.4, -0.2) is 10.9 Å². The number of hydrogen-bond donors (Lipinski definition) is 1. The first kappa shape index (κ1) is 14.9. The number of carbonyl (C=O) groups is 1. The van der Waals surface area contributed by atoms with Gasteiger partial charge in [0, 0.05) is 16.6 Å². The predicted octanol–water partition coefficient (Wildman–Crippen LogP) is 4.99. The predicted molar refractivity (Wildman–Crippen MR) is 93.9 cm³/mol. The Morgan fingerprint density at radius 3 is 2.91 bits per heavy atom. The van der Waals surface area contributed by atoms with Gasteiger partial charge in [0.2, 0.25) is 0 Å². The van der Waals surface area contributed by atoms with Gasteiger partial charge in [0.1, 0.15) is 9.88 Å². The summed E-state index contributed by atoms with van der Waals surface area (Å²) in [7, 11) is 0. The Bertz CT molecular complexity index is 791. The number of aromatic nitrogens is 1. The molecular weight excluding hydrogens is 312 g/mol. The van der Waals surface area contributed by atoms with Crippen molar-refractivity contribution in [2.45, 2.75) is 20.3 Å². The van der Waals surface area contributed by atoms with Gasteiger partial charge in [-0.1, -0.05) is 19.1 Å². The van der Waals surface area contributed by atoms with Crippen LogP contribution < -0.4 is 5.32 Å². The molecule has 2 aromatic heterocycles. The summed E-state index contributed by atoms with van der Waals surface area (Å²) in [6.07, 6.45) is 0.950. The van der Waals surface area contributed by atoms with Crippen LogP contribution in [0.2, 0.25) is 0 Å². The lowest BCUT2D eigenvalue weighted by Gasteiger charge is -2.05. The molecule has 2 heterocycles. The van der Waals surface area contributed by atoms with E-state index in [1.165, 1.54) is 16.9 Å². The molecule has 0 aliphatic heterocycles. The summed E-state index contributed by atoms with van der Waals surface area (Å²) < 4.78 is 0. The van der Waals surface area contributed by atoms with Gasteiger partial charge in [-0.2, -0.15) is 11.3 Å². The van der Waals surface area contributed by atoms with Gasteiger partial charge in [0.25, 0.3) is 5.91 Å². The Kier molecular flexibility index (Phi) is 4.36. The van der Waals surface area contributed by atoms with Crippen molar-refractivity contribution in [3.63, 3.8) is 0 Å². The van der Waals surface area contributed by atoms with E-state index in [9.17, 15) is 4.79 Å². The van der Waals surface area contributed by atoms with Gasteiger partial charge in [-0.3, -0.25) is 4.79 Å². The minimum Gasteiger partial charge on any atom is -0.321 e. The van der Waals surface area contributed by atoms with Gasteiger partial charge in [0.15, 0.2) is 0 Å². The summed E-state index contributed by atoms with van der Waals surface area (Å²) in [5.41, 5.74) is 3.88. The Balaban J connectivity index is 1.83. The number of hydrogen-bond acceptors (Lipinski definition) is 4. The zero-order chi connectivity index (χ0) is 15.5. The number of nitrogens with zero attached hydrogens (tertiary/aromatic N) is 1. The van der Waals surface area contributed by atoms with E-state index in [1.807, 2.05) is 41.9 Å². The average Bonchev–Trinajstić information content (AvgIpc) is 3.16. The molecule has 1 aromatic carbocycles. The SMILES string of the molecule is CCc1cccc(NC(=O)c2sc(-c3ccsc3)nc2C)c1. The molecule has 0 aliphatic carbocycles. The highest BCUT2D eigenvalue weighted by Gasteiger charge is 2.16. The van der Waals surface area contributed by atoms with Crippen molar-refractivity contribution < 1.29 is 4.79 Å². The topological polar surface area (TPSA) is 42.0 Å². The van der Waals surface area contributed by atoms with Crippen molar-refractivity contribution in [1.29, 1.82) is 0 Å². The molecule has 1 amide bonds. The minimum absolute atomic E-state index is 0.0928. The molecule has 0 aliphatic rings. The molecule has 0 unspecified atom stereocenters. The smallest absolute Gasteiger partial charge is 0.267 e. The van der Waals surface area contributed by atoms with Gasteiger partial charge in [-0.05, 0) is 42.5 Å². The molecule has 0 spiro atoms. The Morgan fingerprint density at radius 1 is 1.32 bits per heavy atom. The average molecular weight is 328 g/mol. The van der Waals surface area contributed by atoms with Crippen LogP contribution in [0.5, 0.6) is 0 Å². The summed E-state index contributed by atoms with van der Waals surface area (Å²) in [6.45, 7) is 3.98. The lowest BCUT2D eigenvalue weighted by Crippen LogP contribution is -2.11. The third kappa shape index (κ3) is 3.10. The van der Waals surface area contributed by atoms with Crippen molar-refractivity contribution in [2.75, 3.05) is 5.32 Å². The third-order valence-corrected chi connectivity index (χ3v) is 5.25. The first-order chi connectivity index (χ1) is 10.7. The minimum atomic E-state index is -0.0928. The molecule has 0 saturated carbocycles. The number of amides is 1. The van der Waals surface area contributed by atoms with E-state index < -0.39 is 0 Å². The molecule has 3 rings (SSSR count). The highest BCUT2D eigenvalue weighted by atomic mass is 32.1. The number of nitrogens with one attached hydrogen (secondary N) is 1. The maximum atomic E-state index is 12.5. The molecule has 3 aromatic rings. The highest BCUT2D eigenvalue weighted by molar-refractivity contribution is 7.17. The molecule has 5 heteroatoms. The van der Waals surface area contributed by atoms with Crippen LogP contribution in [0.4, 0.5) is 5.69 Å². The summed E-state index contributed by atoms with van der Waals surface area (Å²) in [6, 6.07) is 9.96. The zero-order valence-corrected chi connectivity index (χ0v) is 14.1. The van der Waals surface area contributed by atoms with Gasteiger partial charge >= 0.3 is 0 Å². The second kappa shape index (κ2) is 6.42. The van der Waals surface area contributed by atoms with Crippen LogP contribution in [0, 0.1) is 6.92 Å². The fourth-order valence-electron chi connectivity index (χ4n) is 2.17. The third-order valence-electron chi connectivity index (χ3n) is 3.36. The molecule has 0 saturated heterocycles. The molecule has 0 radical (unpaired) electrons. The van der Waals surface area contributed by atoms with Gasteiger partial charge in [0.05, 0.1) is 5.69 Å². The number of aryl methyl sites for hydroxylation is 2. The van der Waals surface area contributed by atoms with E-state index in [4.69, 9.17) is 0 Å². The van der Waals surface area contributed by atoms with Crippen LogP contribution in [0.3, 0.4) is 0 Å². The highest BCUT2D eigenvalue weighted by Crippen LogP contribution is 2.29. The van der Waals surface area contributed by atoms with Crippen molar-refractivity contribution in [2.24, 2.45) is 0 Å². The molecule has 112 valence electrons.